The molecule has 0 spiro atoms. The zero-order valence-electron chi connectivity index (χ0n) is 12.0. The molecule has 3 atom stereocenters. The molecule has 0 amide bonds. The molecule has 0 saturated carbocycles. The summed E-state index contributed by atoms with van der Waals surface area (Å²) in [6, 6.07) is 0.0865. The van der Waals surface area contributed by atoms with Crippen molar-refractivity contribution >= 4 is 10.2 Å². The van der Waals surface area contributed by atoms with Crippen molar-refractivity contribution in [3.8, 4) is 0 Å². The van der Waals surface area contributed by atoms with E-state index >= 15 is 0 Å². The molecule has 0 aromatic heterocycles. The Morgan fingerprint density at radius 1 is 1.26 bits per heavy atom. The van der Waals surface area contributed by atoms with Crippen LogP contribution in [0, 0.1) is 0 Å². The van der Waals surface area contributed by atoms with Gasteiger partial charge in [-0.1, -0.05) is 0 Å². The van der Waals surface area contributed by atoms with Crippen LogP contribution in [0.3, 0.4) is 0 Å². The van der Waals surface area contributed by atoms with Gasteiger partial charge in [0.15, 0.2) is 0 Å². The quantitative estimate of drug-likeness (QED) is 0.793. The number of nitrogens with one attached hydrogen (secondary N) is 1. The average molecular weight is 291 g/mol. The van der Waals surface area contributed by atoms with E-state index in [4.69, 9.17) is 4.74 Å². The molecule has 1 N–H and O–H groups in total. The lowest BCUT2D eigenvalue weighted by molar-refractivity contribution is -0.0455. The van der Waals surface area contributed by atoms with Crippen molar-refractivity contribution in [3.63, 3.8) is 0 Å². The number of morpholine rings is 1. The van der Waals surface area contributed by atoms with Crippen LogP contribution in [0.4, 0.5) is 0 Å². The van der Waals surface area contributed by atoms with Crippen LogP contribution >= 0.6 is 0 Å². The van der Waals surface area contributed by atoms with Crippen molar-refractivity contribution in [3.05, 3.63) is 0 Å². The Hall–Kier alpha value is -0.210. The monoisotopic (exact) mass is 291 g/mol. The van der Waals surface area contributed by atoms with Crippen LogP contribution in [0.1, 0.15) is 26.7 Å². The maximum atomic E-state index is 12.7. The molecular weight excluding hydrogens is 266 g/mol. The molecule has 0 aromatic rings. The second-order valence-electron chi connectivity index (χ2n) is 5.55. The van der Waals surface area contributed by atoms with E-state index in [0.29, 0.717) is 26.2 Å². The Morgan fingerprint density at radius 3 is 2.47 bits per heavy atom. The summed E-state index contributed by atoms with van der Waals surface area (Å²) in [5.74, 6) is 0. The summed E-state index contributed by atoms with van der Waals surface area (Å²) in [4.78, 5) is 0. The first-order valence-corrected chi connectivity index (χ1v) is 8.41. The van der Waals surface area contributed by atoms with Crippen LogP contribution in [0.5, 0.6) is 0 Å². The fourth-order valence-electron chi connectivity index (χ4n) is 3.02. The van der Waals surface area contributed by atoms with Crippen LogP contribution < -0.4 is 5.32 Å². The maximum absolute atomic E-state index is 12.7. The zero-order chi connectivity index (χ0) is 14.0. The molecular formula is C12H25N3O3S. The first-order valence-electron chi connectivity index (χ1n) is 7.02. The van der Waals surface area contributed by atoms with Gasteiger partial charge in [0.2, 0.25) is 0 Å². The second-order valence-corrected chi connectivity index (χ2v) is 7.43. The minimum absolute atomic E-state index is 0.0381. The normalized spacial score (nSPS) is 34.8. The molecule has 0 bridgehead atoms. The lowest BCUT2D eigenvalue weighted by atomic mass is 10.2. The van der Waals surface area contributed by atoms with Crippen molar-refractivity contribution in [2.45, 2.75) is 44.9 Å². The topological polar surface area (TPSA) is 61.9 Å². The van der Waals surface area contributed by atoms with Crippen molar-refractivity contribution in [1.29, 1.82) is 0 Å². The first-order chi connectivity index (χ1) is 8.95. The minimum Gasteiger partial charge on any atom is -0.373 e. The largest absolute Gasteiger partial charge is 0.373 e. The second kappa shape index (κ2) is 6.05. The van der Waals surface area contributed by atoms with Gasteiger partial charge in [0.25, 0.3) is 10.2 Å². The fourth-order valence-corrected chi connectivity index (χ4v) is 5.03. The average Bonchev–Trinajstić information content (AvgIpc) is 2.77. The standard InChI is InChI=1S/C12H25N3O3S/c1-10-8-14(9-11(2)18-10)19(16,17)15-6-4-5-12(15)7-13-3/h10-13H,4-9H2,1-3H3/t10-,11+,12-/m0/s1. The molecule has 2 saturated heterocycles. The molecule has 2 aliphatic rings. The number of rotatable bonds is 4. The van der Waals surface area contributed by atoms with Gasteiger partial charge in [0.05, 0.1) is 12.2 Å². The van der Waals surface area contributed by atoms with Crippen LogP contribution in [0.2, 0.25) is 0 Å². The highest BCUT2D eigenvalue weighted by Crippen LogP contribution is 2.25. The summed E-state index contributed by atoms with van der Waals surface area (Å²) >= 11 is 0. The summed E-state index contributed by atoms with van der Waals surface area (Å²) < 4.78 is 34.3. The molecule has 112 valence electrons. The molecule has 6 nitrogen and oxygen atoms in total. The third-order valence-electron chi connectivity index (χ3n) is 3.77. The Morgan fingerprint density at radius 2 is 1.89 bits per heavy atom. The predicted octanol–water partition coefficient (Wildman–Crippen LogP) is 0.0242. The zero-order valence-corrected chi connectivity index (χ0v) is 12.8. The summed E-state index contributed by atoms with van der Waals surface area (Å²) in [6.45, 7) is 6.11. The molecule has 0 radical (unpaired) electrons. The number of ether oxygens (including phenoxy) is 1. The van der Waals surface area contributed by atoms with Gasteiger partial charge in [-0.05, 0) is 33.7 Å². The van der Waals surface area contributed by atoms with Crippen LogP contribution in [0.25, 0.3) is 0 Å². The molecule has 2 heterocycles. The van der Waals surface area contributed by atoms with Crippen LogP contribution in [-0.4, -0.2) is 68.5 Å². The number of hydrogen-bond acceptors (Lipinski definition) is 4. The Balaban J connectivity index is 2.12. The Labute approximate surface area is 116 Å². The van der Waals surface area contributed by atoms with Crippen molar-refractivity contribution in [1.82, 2.24) is 13.9 Å². The Bertz CT molecular complexity index is 391. The molecule has 19 heavy (non-hydrogen) atoms. The van der Waals surface area contributed by atoms with Gasteiger partial charge in [-0.3, -0.25) is 0 Å². The minimum atomic E-state index is -3.35. The van der Waals surface area contributed by atoms with Crippen LogP contribution in [-0.2, 0) is 14.9 Å². The highest BCUT2D eigenvalue weighted by molar-refractivity contribution is 7.86. The van der Waals surface area contributed by atoms with E-state index in [0.717, 1.165) is 12.8 Å². The SMILES string of the molecule is CNC[C@@H]1CCCN1S(=O)(=O)N1C[C@@H](C)O[C@@H](C)C1. The van der Waals surface area contributed by atoms with Gasteiger partial charge in [-0.2, -0.15) is 17.0 Å². The third kappa shape index (κ3) is 3.28. The molecule has 0 aliphatic carbocycles. The lowest BCUT2D eigenvalue weighted by Crippen LogP contribution is -2.54. The van der Waals surface area contributed by atoms with E-state index in [-0.39, 0.29) is 18.2 Å². The summed E-state index contributed by atoms with van der Waals surface area (Å²) in [7, 11) is -1.49. The third-order valence-corrected chi connectivity index (χ3v) is 5.80. The van der Waals surface area contributed by atoms with Crippen LogP contribution in [0.15, 0.2) is 0 Å². The van der Waals surface area contributed by atoms with Gasteiger partial charge < -0.3 is 10.1 Å². The van der Waals surface area contributed by atoms with E-state index < -0.39 is 10.2 Å². The van der Waals surface area contributed by atoms with E-state index in [1.165, 1.54) is 0 Å². The number of hydrogen-bond donors (Lipinski definition) is 1. The van der Waals surface area contributed by atoms with Crippen molar-refractivity contribution in [2.24, 2.45) is 0 Å². The highest BCUT2D eigenvalue weighted by Gasteiger charge is 2.40. The molecule has 7 heteroatoms. The summed E-state index contributed by atoms with van der Waals surface area (Å²) in [6.07, 6.45) is 1.81. The van der Waals surface area contributed by atoms with Gasteiger partial charge in [-0.25, -0.2) is 0 Å². The fraction of sp³-hybridized carbons (Fsp3) is 1.00. The van der Waals surface area contributed by atoms with E-state index in [9.17, 15) is 8.42 Å². The van der Waals surface area contributed by atoms with Crippen molar-refractivity contribution in [2.75, 3.05) is 33.2 Å². The number of likely N-dealkylation sites (N-methyl/N-ethyl adjacent to an activating group) is 1. The van der Waals surface area contributed by atoms with Gasteiger partial charge in [-0.15, -0.1) is 0 Å². The highest BCUT2D eigenvalue weighted by atomic mass is 32.2. The first kappa shape index (κ1) is 15.2. The number of nitrogens with zero attached hydrogens (tertiary/aromatic N) is 2. The van der Waals surface area contributed by atoms with Crippen molar-refractivity contribution < 1.29 is 13.2 Å². The summed E-state index contributed by atoms with van der Waals surface area (Å²) in [5.41, 5.74) is 0. The van der Waals surface area contributed by atoms with E-state index in [1.54, 1.807) is 8.61 Å². The van der Waals surface area contributed by atoms with Gasteiger partial charge >= 0.3 is 0 Å². The predicted molar refractivity (Wildman–Crippen MR) is 74.2 cm³/mol. The maximum Gasteiger partial charge on any atom is 0.282 e. The molecule has 0 unspecified atom stereocenters. The smallest absolute Gasteiger partial charge is 0.282 e. The molecule has 2 rings (SSSR count). The van der Waals surface area contributed by atoms with E-state index in [1.807, 2.05) is 20.9 Å². The lowest BCUT2D eigenvalue weighted by Gasteiger charge is -2.37. The summed E-state index contributed by atoms with van der Waals surface area (Å²) in [5, 5.41) is 3.08. The molecule has 2 aliphatic heterocycles. The molecule has 0 aromatic carbocycles. The Kier molecular flexibility index (Phi) is 4.84. The molecule has 2 fully saturated rings. The van der Waals surface area contributed by atoms with Gasteiger partial charge in [0.1, 0.15) is 0 Å². The van der Waals surface area contributed by atoms with E-state index in [2.05, 4.69) is 5.32 Å². The van der Waals surface area contributed by atoms with Gasteiger partial charge in [0, 0.05) is 32.2 Å².